The molecule has 0 fully saturated rings. The average Bonchev–Trinajstić information content (AvgIpc) is 2.38. The van der Waals surface area contributed by atoms with E-state index in [-0.39, 0.29) is 5.69 Å². The Morgan fingerprint density at radius 3 is 2.70 bits per heavy atom. The molecule has 104 valence electrons. The zero-order valence-corrected chi connectivity index (χ0v) is 13.0. The lowest BCUT2D eigenvalue weighted by Crippen LogP contribution is -2.03. The van der Waals surface area contributed by atoms with Crippen LogP contribution in [0.15, 0.2) is 40.9 Å². The molecule has 0 radical (unpaired) electrons. The van der Waals surface area contributed by atoms with Gasteiger partial charge in [0.1, 0.15) is 5.69 Å². The first kappa shape index (κ1) is 14.8. The first-order valence-corrected chi connectivity index (χ1v) is 7.07. The minimum Gasteiger partial charge on any atom is -0.375 e. The van der Waals surface area contributed by atoms with Gasteiger partial charge < -0.3 is 5.32 Å². The van der Waals surface area contributed by atoms with Crippen LogP contribution in [0.5, 0.6) is 0 Å². The molecule has 0 bridgehead atoms. The molecule has 0 heterocycles. The Bertz CT molecular complexity index is 662. The van der Waals surface area contributed by atoms with Gasteiger partial charge in [-0.2, -0.15) is 0 Å². The van der Waals surface area contributed by atoms with Crippen molar-refractivity contribution >= 4 is 38.9 Å². The highest BCUT2D eigenvalue weighted by molar-refractivity contribution is 9.10. The summed E-state index contributed by atoms with van der Waals surface area (Å²) in [7, 11) is 0. The third-order valence-corrected chi connectivity index (χ3v) is 3.68. The number of hydrogen-bond donors (Lipinski definition) is 1. The Labute approximate surface area is 130 Å². The Morgan fingerprint density at radius 2 is 2.05 bits per heavy atom. The predicted molar refractivity (Wildman–Crippen MR) is 84.3 cm³/mol. The highest BCUT2D eigenvalue weighted by atomic mass is 79.9. The summed E-state index contributed by atoms with van der Waals surface area (Å²) in [6, 6.07) is 10.6. The summed E-state index contributed by atoms with van der Waals surface area (Å²) in [5.74, 6) is 0. The molecule has 0 spiro atoms. The molecule has 0 atom stereocenters. The molecule has 0 aliphatic carbocycles. The molecule has 0 aliphatic rings. The van der Waals surface area contributed by atoms with E-state index in [0.717, 1.165) is 15.6 Å². The highest BCUT2D eigenvalue weighted by Gasteiger charge is 2.13. The molecule has 2 rings (SSSR count). The summed E-state index contributed by atoms with van der Waals surface area (Å²) >= 11 is 9.46. The van der Waals surface area contributed by atoms with Crippen molar-refractivity contribution < 1.29 is 4.92 Å². The summed E-state index contributed by atoms with van der Waals surface area (Å²) in [4.78, 5) is 10.6. The minimum absolute atomic E-state index is 0.0678. The van der Waals surface area contributed by atoms with Crippen molar-refractivity contribution in [3.63, 3.8) is 0 Å². The number of halogens is 2. The first-order valence-electron chi connectivity index (χ1n) is 5.90. The zero-order valence-electron chi connectivity index (χ0n) is 10.7. The smallest absolute Gasteiger partial charge is 0.292 e. The highest BCUT2D eigenvalue weighted by Crippen LogP contribution is 2.27. The number of nitrogens with one attached hydrogen (secondary N) is 1. The maximum Gasteiger partial charge on any atom is 0.292 e. The maximum absolute atomic E-state index is 11.0. The third kappa shape index (κ3) is 3.49. The van der Waals surface area contributed by atoms with Crippen molar-refractivity contribution in [2.75, 3.05) is 5.32 Å². The van der Waals surface area contributed by atoms with Crippen molar-refractivity contribution in [2.24, 2.45) is 0 Å². The van der Waals surface area contributed by atoms with Gasteiger partial charge in [0.25, 0.3) is 5.69 Å². The van der Waals surface area contributed by atoms with E-state index in [2.05, 4.69) is 21.2 Å². The Balaban J connectivity index is 2.20. The molecular formula is C14H12BrClN2O2. The standard InChI is InChI=1S/C14H12BrClN2O2/c1-9-2-5-13(14(6-9)18(19)20)17-8-10-3-4-11(15)7-12(10)16/h2-7,17H,8H2,1H3. The second kappa shape index (κ2) is 6.24. The van der Waals surface area contributed by atoms with Crippen LogP contribution in [0.1, 0.15) is 11.1 Å². The van der Waals surface area contributed by atoms with Gasteiger partial charge in [-0.3, -0.25) is 10.1 Å². The lowest BCUT2D eigenvalue weighted by atomic mass is 10.1. The molecule has 0 unspecified atom stereocenters. The predicted octanol–water partition coefficient (Wildman–Crippen LogP) is 4.93. The van der Waals surface area contributed by atoms with Crippen molar-refractivity contribution in [1.82, 2.24) is 0 Å². The molecule has 2 aromatic carbocycles. The van der Waals surface area contributed by atoms with Gasteiger partial charge in [-0.05, 0) is 36.2 Å². The molecule has 0 amide bonds. The average molecular weight is 356 g/mol. The zero-order chi connectivity index (χ0) is 14.7. The maximum atomic E-state index is 11.0. The van der Waals surface area contributed by atoms with E-state index in [4.69, 9.17) is 11.6 Å². The Hall–Kier alpha value is -1.59. The number of nitro benzene ring substituents is 1. The Morgan fingerprint density at radius 1 is 1.30 bits per heavy atom. The van der Waals surface area contributed by atoms with Crippen LogP contribution in [0.25, 0.3) is 0 Å². The van der Waals surface area contributed by atoms with Gasteiger partial charge in [0, 0.05) is 22.1 Å². The van der Waals surface area contributed by atoms with Crippen LogP contribution in [0.3, 0.4) is 0 Å². The number of benzene rings is 2. The molecule has 0 saturated carbocycles. The number of rotatable bonds is 4. The normalized spacial score (nSPS) is 10.3. The van der Waals surface area contributed by atoms with Gasteiger partial charge in [0.2, 0.25) is 0 Å². The lowest BCUT2D eigenvalue weighted by Gasteiger charge is -2.09. The SMILES string of the molecule is Cc1ccc(NCc2ccc(Br)cc2Cl)c([N+](=O)[O-])c1. The number of nitrogens with zero attached hydrogens (tertiary/aromatic N) is 1. The van der Waals surface area contributed by atoms with E-state index >= 15 is 0 Å². The molecule has 0 aliphatic heterocycles. The minimum atomic E-state index is -0.390. The van der Waals surface area contributed by atoms with Gasteiger partial charge in [-0.15, -0.1) is 0 Å². The number of anilines is 1. The quantitative estimate of drug-likeness (QED) is 0.625. The van der Waals surface area contributed by atoms with Crippen LogP contribution in [0.4, 0.5) is 11.4 Å². The molecular weight excluding hydrogens is 344 g/mol. The largest absolute Gasteiger partial charge is 0.375 e. The van der Waals surface area contributed by atoms with Gasteiger partial charge in [-0.1, -0.05) is 39.7 Å². The molecule has 0 aromatic heterocycles. The summed E-state index contributed by atoms with van der Waals surface area (Å²) in [6.45, 7) is 2.25. The number of nitro groups is 1. The summed E-state index contributed by atoms with van der Waals surface area (Å²) in [6.07, 6.45) is 0. The van der Waals surface area contributed by atoms with Crippen molar-refractivity contribution in [3.8, 4) is 0 Å². The van der Waals surface area contributed by atoms with E-state index in [1.807, 2.05) is 25.1 Å². The van der Waals surface area contributed by atoms with Crippen molar-refractivity contribution in [1.29, 1.82) is 0 Å². The molecule has 2 aromatic rings. The first-order chi connectivity index (χ1) is 9.47. The molecule has 1 N–H and O–H groups in total. The van der Waals surface area contributed by atoms with Crippen LogP contribution in [-0.4, -0.2) is 4.92 Å². The van der Waals surface area contributed by atoms with Crippen LogP contribution in [0.2, 0.25) is 5.02 Å². The summed E-state index contributed by atoms with van der Waals surface area (Å²) < 4.78 is 0.896. The van der Waals surface area contributed by atoms with E-state index in [0.29, 0.717) is 17.3 Å². The molecule has 20 heavy (non-hydrogen) atoms. The summed E-state index contributed by atoms with van der Waals surface area (Å²) in [5, 5.41) is 14.7. The monoisotopic (exact) mass is 354 g/mol. The second-order valence-electron chi connectivity index (χ2n) is 4.37. The van der Waals surface area contributed by atoms with Crippen molar-refractivity contribution in [2.45, 2.75) is 13.5 Å². The van der Waals surface area contributed by atoms with Crippen LogP contribution in [0, 0.1) is 17.0 Å². The van der Waals surface area contributed by atoms with Gasteiger partial charge in [0.05, 0.1) is 4.92 Å². The fraction of sp³-hybridized carbons (Fsp3) is 0.143. The van der Waals surface area contributed by atoms with E-state index in [1.165, 1.54) is 0 Å². The summed E-state index contributed by atoms with van der Waals surface area (Å²) in [5.41, 5.74) is 2.28. The second-order valence-corrected chi connectivity index (χ2v) is 5.69. The van der Waals surface area contributed by atoms with Crippen LogP contribution >= 0.6 is 27.5 Å². The third-order valence-electron chi connectivity index (χ3n) is 2.83. The number of hydrogen-bond acceptors (Lipinski definition) is 3. The van der Waals surface area contributed by atoms with E-state index in [1.54, 1.807) is 18.2 Å². The molecule has 4 nitrogen and oxygen atoms in total. The fourth-order valence-electron chi connectivity index (χ4n) is 1.80. The topological polar surface area (TPSA) is 55.2 Å². The molecule has 6 heteroatoms. The van der Waals surface area contributed by atoms with E-state index < -0.39 is 4.92 Å². The van der Waals surface area contributed by atoms with Gasteiger partial charge in [-0.25, -0.2) is 0 Å². The lowest BCUT2D eigenvalue weighted by molar-refractivity contribution is -0.384. The van der Waals surface area contributed by atoms with Gasteiger partial charge in [0.15, 0.2) is 0 Å². The Kier molecular flexibility index (Phi) is 4.62. The van der Waals surface area contributed by atoms with Gasteiger partial charge >= 0.3 is 0 Å². The fourth-order valence-corrected chi connectivity index (χ4v) is 2.54. The van der Waals surface area contributed by atoms with Crippen molar-refractivity contribution in [3.05, 3.63) is 67.1 Å². The van der Waals surface area contributed by atoms with Crippen LogP contribution < -0.4 is 5.32 Å². The van der Waals surface area contributed by atoms with E-state index in [9.17, 15) is 10.1 Å². The van der Waals surface area contributed by atoms with Crippen LogP contribution in [-0.2, 0) is 6.54 Å². The number of aryl methyl sites for hydroxylation is 1. The molecule has 0 saturated heterocycles.